The van der Waals surface area contributed by atoms with Gasteiger partial charge in [-0.05, 0) is 29.8 Å². The van der Waals surface area contributed by atoms with Crippen LogP contribution >= 0.6 is 15.9 Å². The smallest absolute Gasteiger partial charge is 0.272 e. The van der Waals surface area contributed by atoms with Gasteiger partial charge < -0.3 is 5.32 Å². The van der Waals surface area contributed by atoms with Gasteiger partial charge in [0.2, 0.25) is 0 Å². The van der Waals surface area contributed by atoms with E-state index in [9.17, 15) is 18.9 Å². The Labute approximate surface area is 121 Å². The van der Waals surface area contributed by atoms with Crippen LogP contribution in [-0.2, 0) is 6.54 Å². The largest absolute Gasteiger partial charge is 0.379 e. The second kappa shape index (κ2) is 5.96. The molecule has 0 radical (unpaired) electrons. The molecule has 0 saturated heterocycles. The molecule has 0 saturated carbocycles. The lowest BCUT2D eigenvalue weighted by atomic mass is 10.2. The standard InChI is InChI=1S/C13H9BrF2N2O2/c14-11-3-1-9(15)5-8(11)7-17-13-4-2-10(18(19)20)6-12(13)16/h1-6,17H,7H2. The molecule has 0 aliphatic heterocycles. The summed E-state index contributed by atoms with van der Waals surface area (Å²) in [6, 6.07) is 7.49. The third-order valence-corrected chi connectivity index (χ3v) is 3.41. The molecule has 20 heavy (non-hydrogen) atoms. The van der Waals surface area contributed by atoms with E-state index in [2.05, 4.69) is 21.2 Å². The van der Waals surface area contributed by atoms with Crippen LogP contribution in [0.2, 0.25) is 0 Å². The lowest BCUT2D eigenvalue weighted by Gasteiger charge is -2.09. The molecule has 0 heterocycles. The molecule has 7 heteroatoms. The monoisotopic (exact) mass is 342 g/mol. The molecule has 104 valence electrons. The van der Waals surface area contributed by atoms with Crippen molar-refractivity contribution in [3.63, 3.8) is 0 Å². The summed E-state index contributed by atoms with van der Waals surface area (Å²) in [4.78, 5) is 9.83. The number of benzene rings is 2. The van der Waals surface area contributed by atoms with Crippen molar-refractivity contribution in [3.05, 3.63) is 68.2 Å². The van der Waals surface area contributed by atoms with E-state index >= 15 is 0 Å². The van der Waals surface area contributed by atoms with E-state index in [0.29, 0.717) is 10.0 Å². The van der Waals surface area contributed by atoms with E-state index in [1.165, 1.54) is 24.3 Å². The van der Waals surface area contributed by atoms with Crippen molar-refractivity contribution in [3.8, 4) is 0 Å². The number of hydrogen-bond donors (Lipinski definition) is 1. The van der Waals surface area contributed by atoms with Crippen LogP contribution in [0.3, 0.4) is 0 Å². The van der Waals surface area contributed by atoms with Gasteiger partial charge in [0.15, 0.2) is 5.82 Å². The zero-order valence-electron chi connectivity index (χ0n) is 10.1. The molecule has 0 atom stereocenters. The Hall–Kier alpha value is -2.02. The maximum absolute atomic E-state index is 13.6. The van der Waals surface area contributed by atoms with Crippen molar-refractivity contribution in [2.24, 2.45) is 0 Å². The van der Waals surface area contributed by atoms with Gasteiger partial charge >= 0.3 is 0 Å². The number of nitro groups is 1. The first-order chi connectivity index (χ1) is 9.47. The highest BCUT2D eigenvalue weighted by Gasteiger charge is 2.11. The number of hydrogen-bond acceptors (Lipinski definition) is 3. The summed E-state index contributed by atoms with van der Waals surface area (Å²) in [5, 5.41) is 13.3. The fraction of sp³-hybridized carbons (Fsp3) is 0.0769. The van der Waals surface area contributed by atoms with Gasteiger partial charge in [-0.2, -0.15) is 0 Å². The van der Waals surface area contributed by atoms with Crippen LogP contribution in [-0.4, -0.2) is 4.92 Å². The number of anilines is 1. The Bertz CT molecular complexity index is 665. The summed E-state index contributed by atoms with van der Waals surface area (Å²) >= 11 is 3.26. The second-order valence-corrected chi connectivity index (χ2v) is 4.86. The normalized spacial score (nSPS) is 10.3. The topological polar surface area (TPSA) is 55.2 Å². The number of rotatable bonds is 4. The van der Waals surface area contributed by atoms with Gasteiger partial charge in [0.25, 0.3) is 5.69 Å². The SMILES string of the molecule is O=[N+]([O-])c1ccc(NCc2cc(F)ccc2Br)c(F)c1. The Morgan fingerprint density at radius 3 is 2.60 bits per heavy atom. The first-order valence-corrected chi connectivity index (χ1v) is 6.38. The number of nitrogens with one attached hydrogen (secondary N) is 1. The number of halogens is 3. The first-order valence-electron chi connectivity index (χ1n) is 5.59. The predicted octanol–water partition coefficient (Wildman–Crippen LogP) is 4.25. The van der Waals surface area contributed by atoms with Gasteiger partial charge in [0, 0.05) is 17.1 Å². The van der Waals surface area contributed by atoms with Crippen molar-refractivity contribution in [2.45, 2.75) is 6.54 Å². The summed E-state index contributed by atoms with van der Waals surface area (Å²) in [6.07, 6.45) is 0. The molecular weight excluding hydrogens is 334 g/mol. The van der Waals surface area contributed by atoms with E-state index in [1.807, 2.05) is 0 Å². The van der Waals surface area contributed by atoms with Gasteiger partial charge in [-0.3, -0.25) is 10.1 Å². The Morgan fingerprint density at radius 2 is 1.95 bits per heavy atom. The van der Waals surface area contributed by atoms with Crippen LogP contribution in [0.25, 0.3) is 0 Å². The minimum atomic E-state index is -0.730. The summed E-state index contributed by atoms with van der Waals surface area (Å²) < 4.78 is 27.4. The van der Waals surface area contributed by atoms with E-state index < -0.39 is 16.6 Å². The molecule has 0 aliphatic rings. The fourth-order valence-corrected chi connectivity index (χ4v) is 2.02. The Balaban J connectivity index is 2.15. The van der Waals surface area contributed by atoms with Crippen molar-refractivity contribution in [1.29, 1.82) is 0 Å². The first kappa shape index (κ1) is 14.4. The third-order valence-electron chi connectivity index (χ3n) is 2.64. The van der Waals surface area contributed by atoms with Crippen LogP contribution in [0.15, 0.2) is 40.9 Å². The van der Waals surface area contributed by atoms with Crippen LogP contribution < -0.4 is 5.32 Å². The lowest BCUT2D eigenvalue weighted by Crippen LogP contribution is -2.03. The highest BCUT2D eigenvalue weighted by Crippen LogP contribution is 2.23. The van der Waals surface area contributed by atoms with Crippen LogP contribution in [0, 0.1) is 21.7 Å². The van der Waals surface area contributed by atoms with Gasteiger partial charge in [0.1, 0.15) is 5.82 Å². The Morgan fingerprint density at radius 1 is 1.20 bits per heavy atom. The van der Waals surface area contributed by atoms with Gasteiger partial charge in [-0.25, -0.2) is 8.78 Å². The zero-order valence-corrected chi connectivity index (χ0v) is 11.7. The van der Waals surface area contributed by atoms with Crippen molar-refractivity contribution >= 4 is 27.3 Å². The maximum atomic E-state index is 13.6. The van der Waals surface area contributed by atoms with Crippen molar-refractivity contribution < 1.29 is 13.7 Å². The summed E-state index contributed by atoms with van der Waals surface area (Å²) in [5.74, 6) is -1.12. The van der Waals surface area contributed by atoms with Gasteiger partial charge in [-0.1, -0.05) is 15.9 Å². The summed E-state index contributed by atoms with van der Waals surface area (Å²) in [6.45, 7) is 0.188. The highest BCUT2D eigenvalue weighted by atomic mass is 79.9. The van der Waals surface area contributed by atoms with Crippen molar-refractivity contribution in [2.75, 3.05) is 5.32 Å². The van der Waals surface area contributed by atoms with Gasteiger partial charge in [0.05, 0.1) is 16.7 Å². The molecule has 0 spiro atoms. The second-order valence-electron chi connectivity index (χ2n) is 4.01. The van der Waals surface area contributed by atoms with Crippen LogP contribution in [0.1, 0.15) is 5.56 Å². The number of nitrogens with zero attached hydrogens (tertiary/aromatic N) is 1. The molecule has 0 fully saturated rings. The van der Waals surface area contributed by atoms with E-state index in [4.69, 9.17) is 0 Å². The van der Waals surface area contributed by atoms with E-state index in [1.54, 1.807) is 6.07 Å². The quantitative estimate of drug-likeness (QED) is 0.667. The Kier molecular flexibility index (Phi) is 4.29. The average Bonchev–Trinajstić information content (AvgIpc) is 2.40. The van der Waals surface area contributed by atoms with Crippen molar-refractivity contribution in [1.82, 2.24) is 0 Å². The molecule has 1 N–H and O–H groups in total. The molecule has 0 bridgehead atoms. The minimum absolute atomic E-state index is 0.117. The molecule has 0 unspecified atom stereocenters. The maximum Gasteiger partial charge on any atom is 0.272 e. The molecule has 2 aromatic rings. The molecular formula is C13H9BrF2N2O2. The lowest BCUT2D eigenvalue weighted by molar-refractivity contribution is -0.385. The summed E-state index contributed by atoms with van der Waals surface area (Å²) in [7, 11) is 0. The van der Waals surface area contributed by atoms with E-state index in [-0.39, 0.29) is 17.9 Å². The molecule has 0 aromatic heterocycles. The molecule has 4 nitrogen and oxygen atoms in total. The fourth-order valence-electron chi connectivity index (χ4n) is 1.63. The number of nitro benzene ring substituents is 1. The molecule has 0 amide bonds. The minimum Gasteiger partial charge on any atom is -0.379 e. The average molecular weight is 343 g/mol. The van der Waals surface area contributed by atoms with Gasteiger partial charge in [-0.15, -0.1) is 0 Å². The zero-order chi connectivity index (χ0) is 14.7. The number of non-ortho nitro benzene ring substituents is 1. The molecule has 2 rings (SSSR count). The van der Waals surface area contributed by atoms with Crippen LogP contribution in [0.5, 0.6) is 0 Å². The molecule has 0 aliphatic carbocycles. The summed E-state index contributed by atoms with van der Waals surface area (Å²) in [5.41, 5.74) is 0.412. The third kappa shape index (κ3) is 3.30. The predicted molar refractivity (Wildman–Crippen MR) is 74.5 cm³/mol. The molecule has 2 aromatic carbocycles. The van der Waals surface area contributed by atoms with E-state index in [0.717, 1.165) is 6.07 Å². The highest BCUT2D eigenvalue weighted by molar-refractivity contribution is 9.10. The van der Waals surface area contributed by atoms with Crippen LogP contribution in [0.4, 0.5) is 20.2 Å².